The van der Waals surface area contributed by atoms with Crippen molar-refractivity contribution in [3.63, 3.8) is 0 Å². The monoisotopic (exact) mass is 624 g/mol. The Labute approximate surface area is 260 Å². The second kappa shape index (κ2) is 15.4. The van der Waals surface area contributed by atoms with Crippen molar-refractivity contribution in [3.05, 3.63) is 93.5 Å². The topological polar surface area (TPSA) is 126 Å². The van der Waals surface area contributed by atoms with E-state index in [0.29, 0.717) is 35.0 Å². The lowest BCUT2D eigenvalue weighted by molar-refractivity contribution is -0.142. The fourth-order valence-corrected chi connectivity index (χ4v) is 5.60. The first-order valence-electron chi connectivity index (χ1n) is 14.1. The fourth-order valence-electron chi connectivity index (χ4n) is 5.03. The molecule has 4 N–H and O–H groups in total. The number of benzene rings is 3. The van der Waals surface area contributed by atoms with E-state index >= 15 is 0 Å². The summed E-state index contributed by atoms with van der Waals surface area (Å²) in [7, 11) is 1.24. The van der Waals surface area contributed by atoms with Gasteiger partial charge in [0.25, 0.3) is 11.8 Å². The second-order valence-electron chi connectivity index (χ2n) is 10.4. The number of halogens is 2. The Morgan fingerprint density at radius 2 is 1.51 bits per heavy atom. The summed E-state index contributed by atoms with van der Waals surface area (Å²) in [4.78, 5) is 51.1. The minimum atomic E-state index is -1.01. The number of rotatable bonds is 10. The van der Waals surface area contributed by atoms with Gasteiger partial charge in [0.05, 0.1) is 34.0 Å². The molecule has 1 aliphatic carbocycles. The van der Waals surface area contributed by atoms with Gasteiger partial charge in [-0.2, -0.15) is 0 Å². The molecule has 0 heterocycles. The third kappa shape index (κ3) is 8.95. The molecular weight excluding hydrogens is 591 g/mol. The summed E-state index contributed by atoms with van der Waals surface area (Å²) in [6, 6.07) is 16.6. The van der Waals surface area contributed by atoms with Crippen molar-refractivity contribution in [2.45, 2.75) is 44.6 Å². The smallest absolute Gasteiger partial charge is 0.328 e. The van der Waals surface area contributed by atoms with E-state index in [2.05, 4.69) is 21.3 Å². The summed E-state index contributed by atoms with van der Waals surface area (Å²) >= 11 is 12.3. The van der Waals surface area contributed by atoms with Gasteiger partial charge < -0.3 is 26.0 Å². The lowest BCUT2D eigenvalue weighted by Crippen LogP contribution is -2.45. The first-order valence-corrected chi connectivity index (χ1v) is 14.9. The van der Waals surface area contributed by atoms with E-state index in [1.807, 2.05) is 0 Å². The zero-order chi connectivity index (χ0) is 30.8. The molecule has 0 aromatic heterocycles. The van der Waals surface area contributed by atoms with Gasteiger partial charge in [-0.3, -0.25) is 9.59 Å². The summed E-state index contributed by atoms with van der Waals surface area (Å²) in [5, 5.41) is 11.5. The molecule has 0 radical (unpaired) electrons. The Bertz CT molecular complexity index is 1440. The minimum absolute atomic E-state index is 0.119. The van der Waals surface area contributed by atoms with Crippen LogP contribution in [0.1, 0.15) is 58.4 Å². The van der Waals surface area contributed by atoms with Crippen LogP contribution in [0.15, 0.2) is 66.7 Å². The maximum atomic E-state index is 12.9. The van der Waals surface area contributed by atoms with E-state index < -0.39 is 23.9 Å². The average Bonchev–Trinajstić information content (AvgIpc) is 3.00. The van der Waals surface area contributed by atoms with Crippen molar-refractivity contribution >= 4 is 58.4 Å². The molecule has 11 heteroatoms. The summed E-state index contributed by atoms with van der Waals surface area (Å²) in [5.41, 5.74) is 2.01. The average molecular weight is 626 g/mol. The zero-order valence-corrected chi connectivity index (χ0v) is 25.3. The number of hydrogen-bond acceptors (Lipinski definition) is 5. The lowest BCUT2D eigenvalue weighted by atomic mass is 9.89. The predicted octanol–water partition coefficient (Wildman–Crippen LogP) is 6.46. The number of hydrogen-bond donors (Lipinski definition) is 4. The number of carbonyl (C=O) groups excluding carboxylic acids is 4. The van der Waals surface area contributed by atoms with E-state index in [0.717, 1.165) is 12.8 Å². The van der Waals surface area contributed by atoms with Crippen LogP contribution in [0.3, 0.4) is 0 Å². The molecule has 4 amide bonds. The number of para-hydroxylation sites is 1. The number of urea groups is 1. The predicted molar refractivity (Wildman–Crippen MR) is 168 cm³/mol. The van der Waals surface area contributed by atoms with Gasteiger partial charge in [0.1, 0.15) is 6.04 Å². The van der Waals surface area contributed by atoms with Crippen molar-refractivity contribution in [2.24, 2.45) is 5.92 Å². The van der Waals surface area contributed by atoms with Crippen LogP contribution < -0.4 is 21.3 Å². The number of anilines is 2. The number of ether oxygens (including phenoxy) is 1. The summed E-state index contributed by atoms with van der Waals surface area (Å²) < 4.78 is 4.91. The number of amides is 4. The summed E-state index contributed by atoms with van der Waals surface area (Å²) in [5.74, 6) is -0.903. The van der Waals surface area contributed by atoms with E-state index in [1.165, 1.54) is 26.4 Å². The molecule has 3 aromatic rings. The Morgan fingerprint density at radius 3 is 2.19 bits per heavy atom. The van der Waals surface area contributed by atoms with Crippen LogP contribution in [0.5, 0.6) is 0 Å². The molecule has 1 aliphatic rings. The van der Waals surface area contributed by atoms with Crippen LogP contribution in [0.4, 0.5) is 16.2 Å². The summed E-state index contributed by atoms with van der Waals surface area (Å²) in [6.45, 7) is 0.597. The minimum Gasteiger partial charge on any atom is -0.467 e. The van der Waals surface area contributed by atoms with Gasteiger partial charge in [-0.1, -0.05) is 72.8 Å². The molecule has 1 unspecified atom stereocenters. The number of methoxy groups -OCH3 is 1. The third-order valence-corrected chi connectivity index (χ3v) is 7.96. The van der Waals surface area contributed by atoms with Crippen LogP contribution >= 0.6 is 23.2 Å². The molecule has 0 spiro atoms. The van der Waals surface area contributed by atoms with Crippen LogP contribution in [0.25, 0.3) is 0 Å². The quantitative estimate of drug-likeness (QED) is 0.193. The Hall–Kier alpha value is -4.08. The van der Waals surface area contributed by atoms with E-state index in [1.54, 1.807) is 66.7 Å². The SMILES string of the molecule is COC(=O)C(Cc1ccc(NC(=O)c2c(Cl)cccc2Cl)cc1)NC(=O)Nc1ccccc1C(=O)NCC1CCCCC1. The zero-order valence-electron chi connectivity index (χ0n) is 23.8. The number of nitrogens with one attached hydrogen (secondary N) is 4. The number of esters is 1. The first-order chi connectivity index (χ1) is 20.7. The van der Waals surface area contributed by atoms with Gasteiger partial charge in [-0.15, -0.1) is 0 Å². The Kier molecular flexibility index (Phi) is 11.4. The maximum absolute atomic E-state index is 12.9. The molecule has 0 saturated heterocycles. The molecular formula is C32H34Cl2N4O5. The Balaban J connectivity index is 1.36. The van der Waals surface area contributed by atoms with Gasteiger partial charge in [0.15, 0.2) is 0 Å². The fraction of sp³-hybridized carbons (Fsp3) is 0.312. The number of carbonyl (C=O) groups is 4. The van der Waals surface area contributed by atoms with Gasteiger partial charge in [0, 0.05) is 18.7 Å². The highest BCUT2D eigenvalue weighted by Crippen LogP contribution is 2.26. The van der Waals surface area contributed by atoms with Crippen molar-refractivity contribution in [2.75, 3.05) is 24.3 Å². The molecule has 43 heavy (non-hydrogen) atoms. The van der Waals surface area contributed by atoms with Gasteiger partial charge in [0.2, 0.25) is 0 Å². The van der Waals surface area contributed by atoms with Crippen molar-refractivity contribution < 1.29 is 23.9 Å². The van der Waals surface area contributed by atoms with E-state index in [9.17, 15) is 19.2 Å². The normalized spacial score (nSPS) is 13.8. The van der Waals surface area contributed by atoms with E-state index in [-0.39, 0.29) is 27.9 Å². The highest BCUT2D eigenvalue weighted by atomic mass is 35.5. The van der Waals surface area contributed by atoms with Crippen molar-refractivity contribution in [1.82, 2.24) is 10.6 Å². The van der Waals surface area contributed by atoms with Crippen LogP contribution in [0.2, 0.25) is 10.0 Å². The highest BCUT2D eigenvalue weighted by molar-refractivity contribution is 6.40. The summed E-state index contributed by atoms with van der Waals surface area (Å²) in [6.07, 6.45) is 5.93. The van der Waals surface area contributed by atoms with Crippen molar-refractivity contribution in [1.29, 1.82) is 0 Å². The van der Waals surface area contributed by atoms with E-state index in [4.69, 9.17) is 27.9 Å². The van der Waals surface area contributed by atoms with Crippen LogP contribution in [0, 0.1) is 5.92 Å². The van der Waals surface area contributed by atoms with Crippen LogP contribution in [-0.4, -0.2) is 43.5 Å². The molecule has 226 valence electrons. The van der Waals surface area contributed by atoms with Crippen molar-refractivity contribution in [3.8, 4) is 0 Å². The molecule has 9 nitrogen and oxygen atoms in total. The molecule has 0 aliphatic heterocycles. The maximum Gasteiger partial charge on any atom is 0.328 e. The highest BCUT2D eigenvalue weighted by Gasteiger charge is 2.24. The standard InChI is InChI=1S/C32H34Cl2N4O5/c1-43-31(41)27(18-20-14-16-22(17-15-20)36-30(40)28-24(33)11-7-12-25(28)34)38-32(42)37-26-13-6-5-10-23(26)29(39)35-19-21-8-3-2-4-9-21/h5-7,10-17,21,27H,2-4,8-9,18-19H2,1H3,(H,35,39)(H,36,40)(H2,37,38,42). The molecule has 1 saturated carbocycles. The molecule has 3 aromatic carbocycles. The van der Waals surface area contributed by atoms with Gasteiger partial charge in [-0.05, 0) is 60.7 Å². The third-order valence-electron chi connectivity index (χ3n) is 7.33. The molecule has 4 rings (SSSR count). The lowest BCUT2D eigenvalue weighted by Gasteiger charge is -2.22. The molecule has 1 fully saturated rings. The Morgan fingerprint density at radius 1 is 0.837 bits per heavy atom. The van der Waals surface area contributed by atoms with Gasteiger partial charge in [-0.25, -0.2) is 9.59 Å². The van der Waals surface area contributed by atoms with Gasteiger partial charge >= 0.3 is 12.0 Å². The second-order valence-corrected chi connectivity index (χ2v) is 11.2. The largest absolute Gasteiger partial charge is 0.467 e. The molecule has 0 bridgehead atoms. The first kappa shape index (κ1) is 31.8. The van der Waals surface area contributed by atoms with Crippen LogP contribution in [-0.2, 0) is 16.0 Å². The molecule has 1 atom stereocenters.